The van der Waals surface area contributed by atoms with Crippen molar-refractivity contribution in [2.75, 3.05) is 55.7 Å². The Hall–Kier alpha value is -2.48. The average molecular weight is 376 g/mol. The SMILES string of the molecule is O=C(CO)N1CCN(c2ccc(N3C[C@@H](CN=C=S)OC3=O)cc2)CC1. The van der Waals surface area contributed by atoms with Crippen LogP contribution in [-0.4, -0.2) is 79.1 Å². The van der Waals surface area contributed by atoms with Crippen molar-refractivity contribution in [2.24, 2.45) is 4.99 Å². The van der Waals surface area contributed by atoms with E-state index in [-0.39, 0.29) is 12.0 Å². The molecule has 8 nitrogen and oxygen atoms in total. The summed E-state index contributed by atoms with van der Waals surface area (Å²) in [6.07, 6.45) is -0.701. The number of carbonyl (C=O) groups is 2. The number of hydrogen-bond acceptors (Lipinski definition) is 7. The minimum absolute atomic E-state index is 0.236. The lowest BCUT2D eigenvalue weighted by molar-refractivity contribution is -0.134. The van der Waals surface area contributed by atoms with Gasteiger partial charge in [0.1, 0.15) is 12.7 Å². The van der Waals surface area contributed by atoms with Crippen LogP contribution in [0.1, 0.15) is 0 Å². The van der Waals surface area contributed by atoms with E-state index in [1.54, 1.807) is 9.80 Å². The number of rotatable bonds is 5. The van der Waals surface area contributed by atoms with E-state index in [1.807, 2.05) is 24.3 Å². The molecule has 2 aliphatic heterocycles. The molecule has 0 aromatic heterocycles. The van der Waals surface area contributed by atoms with Gasteiger partial charge in [-0.25, -0.2) is 9.79 Å². The highest BCUT2D eigenvalue weighted by Gasteiger charge is 2.32. The van der Waals surface area contributed by atoms with E-state index in [9.17, 15) is 9.59 Å². The molecule has 138 valence electrons. The van der Waals surface area contributed by atoms with Crippen molar-refractivity contribution in [2.45, 2.75) is 6.10 Å². The van der Waals surface area contributed by atoms with E-state index in [4.69, 9.17) is 9.84 Å². The first-order chi connectivity index (χ1) is 12.6. The smallest absolute Gasteiger partial charge is 0.414 e. The first-order valence-corrected chi connectivity index (χ1v) is 8.78. The van der Waals surface area contributed by atoms with Gasteiger partial charge in [-0.2, -0.15) is 0 Å². The Morgan fingerprint density at radius 3 is 2.50 bits per heavy atom. The highest BCUT2D eigenvalue weighted by atomic mass is 32.1. The van der Waals surface area contributed by atoms with Crippen LogP contribution >= 0.6 is 12.2 Å². The van der Waals surface area contributed by atoms with Crippen LogP contribution in [0.15, 0.2) is 29.3 Å². The fourth-order valence-corrected chi connectivity index (χ4v) is 3.20. The lowest BCUT2D eigenvalue weighted by Gasteiger charge is -2.36. The van der Waals surface area contributed by atoms with Gasteiger partial charge >= 0.3 is 6.09 Å². The van der Waals surface area contributed by atoms with E-state index in [2.05, 4.69) is 27.3 Å². The van der Waals surface area contributed by atoms with Gasteiger partial charge < -0.3 is 19.6 Å². The maximum absolute atomic E-state index is 12.0. The van der Waals surface area contributed by atoms with E-state index in [0.29, 0.717) is 39.3 Å². The van der Waals surface area contributed by atoms with Crippen molar-refractivity contribution in [3.8, 4) is 0 Å². The van der Waals surface area contributed by atoms with Gasteiger partial charge in [0, 0.05) is 37.6 Å². The van der Waals surface area contributed by atoms with Crippen LogP contribution in [0.4, 0.5) is 16.2 Å². The summed E-state index contributed by atoms with van der Waals surface area (Å²) in [6.45, 7) is 2.88. The molecule has 1 aromatic carbocycles. The Balaban J connectivity index is 1.60. The van der Waals surface area contributed by atoms with Gasteiger partial charge in [0.15, 0.2) is 0 Å². The summed E-state index contributed by atoms with van der Waals surface area (Å²) in [5.41, 5.74) is 1.79. The number of anilines is 2. The van der Waals surface area contributed by atoms with Crippen molar-refractivity contribution in [3.63, 3.8) is 0 Å². The highest BCUT2D eigenvalue weighted by molar-refractivity contribution is 7.78. The summed E-state index contributed by atoms with van der Waals surface area (Å²) >= 11 is 4.53. The summed E-state index contributed by atoms with van der Waals surface area (Å²) in [6, 6.07) is 7.67. The monoisotopic (exact) mass is 376 g/mol. The maximum Gasteiger partial charge on any atom is 0.414 e. The molecule has 0 radical (unpaired) electrons. The van der Waals surface area contributed by atoms with Crippen LogP contribution in [0, 0.1) is 0 Å². The zero-order chi connectivity index (χ0) is 18.5. The van der Waals surface area contributed by atoms with Gasteiger partial charge in [0.2, 0.25) is 5.91 Å². The summed E-state index contributed by atoms with van der Waals surface area (Å²) in [5, 5.41) is 11.2. The standard InChI is InChI=1S/C17H20N4O4S/c22-11-16(23)20-7-5-19(6-8-20)13-1-3-14(4-2-13)21-10-15(9-18-12-26)25-17(21)24/h1-4,15,22H,5-11H2/t15-/m1/s1. The van der Waals surface area contributed by atoms with Gasteiger partial charge in [-0.1, -0.05) is 0 Å². The van der Waals surface area contributed by atoms with Crippen molar-refractivity contribution < 1.29 is 19.4 Å². The highest BCUT2D eigenvalue weighted by Crippen LogP contribution is 2.25. The molecular formula is C17H20N4O4S. The number of isothiocyanates is 1. The second-order valence-corrected chi connectivity index (χ2v) is 6.27. The number of piperazine rings is 1. The summed E-state index contributed by atoms with van der Waals surface area (Å²) < 4.78 is 5.26. The van der Waals surface area contributed by atoms with E-state index in [0.717, 1.165) is 11.4 Å². The molecule has 2 fully saturated rings. The number of ether oxygens (including phenoxy) is 1. The van der Waals surface area contributed by atoms with Crippen LogP contribution in [0.2, 0.25) is 0 Å². The van der Waals surface area contributed by atoms with Crippen LogP contribution < -0.4 is 9.80 Å². The third kappa shape index (κ3) is 4.01. The largest absolute Gasteiger partial charge is 0.442 e. The molecule has 1 atom stereocenters. The van der Waals surface area contributed by atoms with Crippen molar-refractivity contribution in [1.82, 2.24) is 4.90 Å². The molecule has 3 rings (SSSR count). The number of amides is 2. The predicted molar refractivity (Wildman–Crippen MR) is 99.8 cm³/mol. The Kier molecular flexibility index (Phi) is 5.82. The zero-order valence-electron chi connectivity index (χ0n) is 14.2. The molecule has 0 aliphatic carbocycles. The fourth-order valence-electron chi connectivity index (χ4n) is 3.12. The summed E-state index contributed by atoms with van der Waals surface area (Å²) in [5.74, 6) is -0.236. The van der Waals surface area contributed by atoms with Gasteiger partial charge in [-0.15, -0.1) is 0 Å². The molecule has 2 heterocycles. The first-order valence-electron chi connectivity index (χ1n) is 8.38. The molecule has 0 saturated carbocycles. The molecule has 2 aliphatic rings. The topological polar surface area (TPSA) is 85.7 Å². The van der Waals surface area contributed by atoms with Crippen LogP contribution in [0.25, 0.3) is 0 Å². The molecule has 2 saturated heterocycles. The van der Waals surface area contributed by atoms with Crippen LogP contribution in [0.5, 0.6) is 0 Å². The number of benzene rings is 1. The number of nitrogens with zero attached hydrogens (tertiary/aromatic N) is 4. The number of carbonyl (C=O) groups excluding carboxylic acids is 2. The molecule has 26 heavy (non-hydrogen) atoms. The molecule has 1 N–H and O–H groups in total. The second kappa shape index (κ2) is 8.27. The predicted octanol–water partition coefficient (Wildman–Crippen LogP) is 0.755. The Morgan fingerprint density at radius 1 is 1.23 bits per heavy atom. The van der Waals surface area contributed by atoms with Crippen molar-refractivity contribution >= 4 is 40.8 Å². The van der Waals surface area contributed by atoms with Gasteiger partial charge in [0.25, 0.3) is 0 Å². The molecule has 0 spiro atoms. The number of hydrogen-bond donors (Lipinski definition) is 1. The molecular weight excluding hydrogens is 356 g/mol. The van der Waals surface area contributed by atoms with Crippen molar-refractivity contribution in [1.29, 1.82) is 0 Å². The molecule has 0 unspecified atom stereocenters. The van der Waals surface area contributed by atoms with Gasteiger partial charge in [0.05, 0.1) is 18.3 Å². The average Bonchev–Trinajstić information content (AvgIpc) is 3.06. The summed E-state index contributed by atoms with van der Waals surface area (Å²) in [7, 11) is 0. The number of thiocarbonyl (C=S) groups is 1. The second-order valence-electron chi connectivity index (χ2n) is 6.09. The van der Waals surface area contributed by atoms with Gasteiger partial charge in [-0.05, 0) is 36.5 Å². The number of aliphatic hydroxyl groups excluding tert-OH is 1. The quantitative estimate of drug-likeness (QED) is 0.603. The van der Waals surface area contributed by atoms with E-state index in [1.165, 1.54) is 0 Å². The zero-order valence-corrected chi connectivity index (χ0v) is 15.0. The Morgan fingerprint density at radius 2 is 1.88 bits per heavy atom. The molecule has 0 bridgehead atoms. The van der Waals surface area contributed by atoms with Gasteiger partial charge in [-0.3, -0.25) is 9.69 Å². The van der Waals surface area contributed by atoms with E-state index >= 15 is 0 Å². The number of aliphatic hydroxyl groups is 1. The molecule has 2 amide bonds. The Bertz CT molecular complexity index is 712. The fraction of sp³-hybridized carbons (Fsp3) is 0.471. The number of cyclic esters (lactones) is 1. The van der Waals surface area contributed by atoms with Crippen LogP contribution in [0.3, 0.4) is 0 Å². The third-order valence-electron chi connectivity index (χ3n) is 4.53. The minimum Gasteiger partial charge on any atom is -0.442 e. The minimum atomic E-state index is -0.447. The lowest BCUT2D eigenvalue weighted by atomic mass is 10.2. The third-order valence-corrected chi connectivity index (χ3v) is 4.66. The first kappa shape index (κ1) is 18.3. The maximum atomic E-state index is 12.0. The summed E-state index contributed by atoms with van der Waals surface area (Å²) in [4.78, 5) is 32.8. The Labute approximate surface area is 156 Å². The molecule has 1 aromatic rings. The number of aliphatic imine (C=N–C) groups is 1. The van der Waals surface area contributed by atoms with Crippen molar-refractivity contribution in [3.05, 3.63) is 24.3 Å². The lowest BCUT2D eigenvalue weighted by Crippen LogP contribution is -2.49. The normalized spacial score (nSPS) is 20.0. The van der Waals surface area contributed by atoms with Crippen LogP contribution in [-0.2, 0) is 9.53 Å². The molecule has 9 heteroatoms. The van der Waals surface area contributed by atoms with E-state index < -0.39 is 12.7 Å².